The topological polar surface area (TPSA) is 56.8 Å². The maximum atomic E-state index is 10.9. The molecule has 0 amide bonds. The number of carbonyl (C=O) groups excluding carboxylic acids is 1. The molecule has 1 aliphatic heterocycles. The lowest BCUT2D eigenvalue weighted by molar-refractivity contribution is -0.186. The van der Waals surface area contributed by atoms with Crippen LogP contribution in [0, 0.1) is 0 Å². The fourth-order valence-corrected chi connectivity index (χ4v) is 0.916. The highest BCUT2D eigenvalue weighted by Gasteiger charge is 2.17. The molecule has 1 unspecified atom stereocenters. The van der Waals surface area contributed by atoms with Crippen LogP contribution in [0.2, 0.25) is 0 Å². The molecule has 5 heteroatoms. The summed E-state index contributed by atoms with van der Waals surface area (Å²) in [7, 11) is 1.45. The summed E-state index contributed by atoms with van der Waals surface area (Å²) in [6, 6.07) is 0. The van der Waals surface area contributed by atoms with Gasteiger partial charge in [0.1, 0.15) is 6.61 Å². The van der Waals surface area contributed by atoms with Crippen LogP contribution < -0.4 is 5.32 Å². The molecule has 0 bridgehead atoms. The van der Waals surface area contributed by atoms with E-state index in [4.69, 9.17) is 9.47 Å². The smallest absolute Gasteiger partial charge is 0.334 e. The molecule has 1 saturated heterocycles. The zero-order chi connectivity index (χ0) is 8.81. The van der Waals surface area contributed by atoms with Crippen LogP contribution in [0.4, 0.5) is 0 Å². The van der Waals surface area contributed by atoms with E-state index in [2.05, 4.69) is 10.1 Å². The summed E-state index contributed by atoms with van der Waals surface area (Å²) in [6.45, 7) is 1.90. The number of carbonyl (C=O) groups is 1. The van der Waals surface area contributed by atoms with Crippen molar-refractivity contribution in [2.24, 2.45) is 0 Å². The van der Waals surface area contributed by atoms with Crippen LogP contribution in [0.3, 0.4) is 0 Å². The van der Waals surface area contributed by atoms with Gasteiger partial charge < -0.3 is 19.5 Å². The van der Waals surface area contributed by atoms with Crippen LogP contribution in [0.25, 0.3) is 0 Å². The van der Waals surface area contributed by atoms with Gasteiger partial charge in [-0.25, -0.2) is 4.79 Å². The molecule has 1 atom stereocenters. The van der Waals surface area contributed by atoms with Gasteiger partial charge in [-0.1, -0.05) is 0 Å². The molecule has 0 saturated carbocycles. The maximum absolute atomic E-state index is 10.9. The van der Waals surface area contributed by atoms with Crippen LogP contribution in [0.5, 0.6) is 0 Å². The number of hydrogen-bond acceptors (Lipinski definition) is 5. The highest BCUT2D eigenvalue weighted by Crippen LogP contribution is 1.98. The average molecular weight is 175 g/mol. The fourth-order valence-electron chi connectivity index (χ4n) is 0.916. The van der Waals surface area contributed by atoms with E-state index < -0.39 is 12.3 Å². The van der Waals surface area contributed by atoms with Crippen molar-refractivity contribution in [2.45, 2.75) is 6.29 Å². The van der Waals surface area contributed by atoms with Gasteiger partial charge >= 0.3 is 5.97 Å². The van der Waals surface area contributed by atoms with Gasteiger partial charge in [0.25, 0.3) is 0 Å². The van der Waals surface area contributed by atoms with E-state index in [1.54, 1.807) is 0 Å². The quantitative estimate of drug-likeness (QED) is 0.564. The normalized spacial score (nSPS) is 23.6. The zero-order valence-corrected chi connectivity index (χ0v) is 7.04. The van der Waals surface area contributed by atoms with Gasteiger partial charge in [-0.05, 0) is 0 Å². The summed E-state index contributed by atoms with van der Waals surface area (Å²) in [6.07, 6.45) is -0.457. The third-order valence-corrected chi connectivity index (χ3v) is 1.42. The second kappa shape index (κ2) is 5.08. The van der Waals surface area contributed by atoms with Crippen LogP contribution in [0.1, 0.15) is 0 Å². The standard InChI is InChI=1S/C7H13NO4/c1-10-5-6(9)12-7-4-8-2-3-11-7/h7-8H,2-5H2,1H3. The summed E-state index contributed by atoms with van der Waals surface area (Å²) in [5, 5.41) is 3.04. The van der Waals surface area contributed by atoms with Crippen molar-refractivity contribution in [3.8, 4) is 0 Å². The van der Waals surface area contributed by atoms with Gasteiger partial charge in [0.2, 0.25) is 6.29 Å². The Morgan fingerprint density at radius 3 is 3.17 bits per heavy atom. The van der Waals surface area contributed by atoms with Crippen molar-refractivity contribution < 1.29 is 19.0 Å². The van der Waals surface area contributed by atoms with Crippen molar-refractivity contribution >= 4 is 5.97 Å². The largest absolute Gasteiger partial charge is 0.433 e. The average Bonchev–Trinajstić information content (AvgIpc) is 2.06. The van der Waals surface area contributed by atoms with E-state index in [-0.39, 0.29) is 6.61 Å². The molecule has 1 heterocycles. The maximum Gasteiger partial charge on any atom is 0.334 e. The molecule has 1 fully saturated rings. The van der Waals surface area contributed by atoms with E-state index in [0.717, 1.165) is 6.54 Å². The van der Waals surface area contributed by atoms with Gasteiger partial charge in [0, 0.05) is 13.7 Å². The van der Waals surface area contributed by atoms with Gasteiger partial charge in [-0.15, -0.1) is 0 Å². The molecule has 0 aromatic carbocycles. The Balaban J connectivity index is 2.15. The Hall–Kier alpha value is -0.650. The highest BCUT2D eigenvalue weighted by atomic mass is 16.7. The van der Waals surface area contributed by atoms with Crippen LogP contribution in [-0.4, -0.2) is 45.7 Å². The molecule has 1 aliphatic rings. The summed E-state index contributed by atoms with van der Waals surface area (Å²) in [5.41, 5.74) is 0. The number of ether oxygens (including phenoxy) is 3. The first kappa shape index (κ1) is 9.44. The number of esters is 1. The van der Waals surface area contributed by atoms with E-state index in [1.807, 2.05) is 0 Å². The lowest BCUT2D eigenvalue weighted by Gasteiger charge is -2.23. The lowest BCUT2D eigenvalue weighted by atomic mass is 10.5. The predicted molar refractivity (Wildman–Crippen MR) is 40.6 cm³/mol. The van der Waals surface area contributed by atoms with Crippen molar-refractivity contribution in [3.63, 3.8) is 0 Å². The van der Waals surface area contributed by atoms with E-state index in [0.29, 0.717) is 13.2 Å². The molecule has 5 nitrogen and oxygen atoms in total. The second-order valence-corrected chi connectivity index (χ2v) is 2.43. The Labute approximate surface area is 71.0 Å². The van der Waals surface area contributed by atoms with Gasteiger partial charge in [0.05, 0.1) is 13.2 Å². The van der Waals surface area contributed by atoms with Crippen molar-refractivity contribution in [2.75, 3.05) is 33.4 Å². The molecule has 0 aliphatic carbocycles. The first-order valence-electron chi connectivity index (χ1n) is 3.83. The first-order chi connectivity index (χ1) is 5.83. The monoisotopic (exact) mass is 175 g/mol. The second-order valence-electron chi connectivity index (χ2n) is 2.43. The molecule has 1 rings (SSSR count). The van der Waals surface area contributed by atoms with E-state index >= 15 is 0 Å². The van der Waals surface area contributed by atoms with E-state index in [9.17, 15) is 4.79 Å². The Bertz CT molecular complexity index is 144. The van der Waals surface area contributed by atoms with Crippen molar-refractivity contribution in [3.05, 3.63) is 0 Å². The molecule has 0 spiro atoms. The molecular weight excluding hydrogens is 162 g/mol. The number of nitrogens with one attached hydrogen (secondary N) is 1. The molecule has 1 N–H and O–H groups in total. The Morgan fingerprint density at radius 1 is 1.75 bits per heavy atom. The molecule has 12 heavy (non-hydrogen) atoms. The van der Waals surface area contributed by atoms with Gasteiger partial charge in [0.15, 0.2) is 0 Å². The third kappa shape index (κ3) is 3.17. The number of rotatable bonds is 3. The molecule has 0 radical (unpaired) electrons. The molecule has 0 aromatic rings. The highest BCUT2D eigenvalue weighted by molar-refractivity contribution is 5.70. The molecular formula is C7H13NO4. The third-order valence-electron chi connectivity index (χ3n) is 1.42. The van der Waals surface area contributed by atoms with Crippen LogP contribution in [-0.2, 0) is 19.0 Å². The number of methoxy groups -OCH3 is 1. The Kier molecular flexibility index (Phi) is 3.99. The fraction of sp³-hybridized carbons (Fsp3) is 0.857. The Morgan fingerprint density at radius 2 is 2.58 bits per heavy atom. The van der Waals surface area contributed by atoms with Crippen LogP contribution >= 0.6 is 0 Å². The summed E-state index contributed by atoms with van der Waals surface area (Å²) < 4.78 is 14.6. The molecule has 70 valence electrons. The van der Waals surface area contributed by atoms with Gasteiger partial charge in [-0.3, -0.25) is 0 Å². The predicted octanol–water partition coefficient (Wildman–Crippen LogP) is -0.878. The minimum Gasteiger partial charge on any atom is -0.433 e. The SMILES string of the molecule is COCC(=O)OC1CNCCO1. The first-order valence-corrected chi connectivity index (χ1v) is 3.83. The minimum absolute atomic E-state index is 0.0279. The summed E-state index contributed by atoms with van der Waals surface area (Å²) >= 11 is 0. The lowest BCUT2D eigenvalue weighted by Crippen LogP contribution is -2.41. The van der Waals surface area contributed by atoms with E-state index in [1.165, 1.54) is 7.11 Å². The molecule has 0 aromatic heterocycles. The minimum atomic E-state index is -0.457. The van der Waals surface area contributed by atoms with Gasteiger partial charge in [-0.2, -0.15) is 0 Å². The summed E-state index contributed by atoms with van der Waals surface area (Å²) in [5.74, 6) is -0.397. The van der Waals surface area contributed by atoms with Crippen molar-refractivity contribution in [1.29, 1.82) is 0 Å². The summed E-state index contributed by atoms with van der Waals surface area (Å²) in [4.78, 5) is 10.9. The number of morpholine rings is 1. The van der Waals surface area contributed by atoms with Crippen LogP contribution in [0.15, 0.2) is 0 Å². The van der Waals surface area contributed by atoms with Crippen molar-refractivity contribution in [1.82, 2.24) is 5.32 Å². The number of hydrogen-bond donors (Lipinski definition) is 1. The zero-order valence-electron chi connectivity index (χ0n) is 7.04.